The number of ether oxygens (including phenoxy) is 1. The Kier molecular flexibility index (Phi) is 4.19. The van der Waals surface area contributed by atoms with E-state index in [-0.39, 0.29) is 17.6 Å². The molecule has 18 heavy (non-hydrogen) atoms. The van der Waals surface area contributed by atoms with E-state index in [2.05, 4.69) is 15.0 Å². The van der Waals surface area contributed by atoms with Gasteiger partial charge in [0.25, 0.3) is 0 Å². The van der Waals surface area contributed by atoms with Gasteiger partial charge in [0.1, 0.15) is 0 Å². The minimum atomic E-state index is -0.381. The second kappa shape index (κ2) is 5.85. The number of rotatable bonds is 5. The molecule has 1 aromatic heterocycles. The molecule has 0 radical (unpaired) electrons. The first-order valence-electron chi connectivity index (χ1n) is 5.30. The van der Waals surface area contributed by atoms with Crippen LogP contribution in [-0.2, 0) is 6.42 Å². The van der Waals surface area contributed by atoms with Crippen molar-refractivity contribution >= 4 is 11.5 Å². The average molecular weight is 268 g/mol. The highest BCUT2D eigenvalue weighted by atomic mass is 32.1. The number of hydrogen-bond donors (Lipinski definition) is 2. The first kappa shape index (κ1) is 12.9. The minimum absolute atomic E-state index is 0.127. The first-order chi connectivity index (χ1) is 8.74. The molecule has 1 aromatic carbocycles. The van der Waals surface area contributed by atoms with E-state index in [0.29, 0.717) is 6.42 Å². The number of nitrogens with zero attached hydrogens (tertiary/aromatic N) is 2. The highest BCUT2D eigenvalue weighted by Gasteiger charge is 2.14. The molecule has 0 amide bonds. The molecule has 0 saturated carbocycles. The van der Waals surface area contributed by atoms with E-state index < -0.39 is 0 Å². The zero-order valence-electron chi connectivity index (χ0n) is 9.76. The molecule has 2 rings (SSSR count). The van der Waals surface area contributed by atoms with E-state index in [9.17, 15) is 4.39 Å². The van der Waals surface area contributed by atoms with Crippen LogP contribution < -0.4 is 16.0 Å². The lowest BCUT2D eigenvalue weighted by Crippen LogP contribution is -2.29. The molecule has 7 heteroatoms. The summed E-state index contributed by atoms with van der Waals surface area (Å²) in [5, 5.41) is 3.76. The van der Waals surface area contributed by atoms with Gasteiger partial charge in [0.05, 0.1) is 24.2 Å². The van der Waals surface area contributed by atoms with Crippen LogP contribution in [0, 0.1) is 5.82 Å². The fourth-order valence-electron chi connectivity index (χ4n) is 1.64. The van der Waals surface area contributed by atoms with Gasteiger partial charge in [0, 0.05) is 0 Å². The molecule has 1 atom stereocenters. The van der Waals surface area contributed by atoms with E-state index in [1.807, 2.05) is 0 Å². The van der Waals surface area contributed by atoms with Gasteiger partial charge in [0.15, 0.2) is 11.6 Å². The largest absolute Gasteiger partial charge is 0.494 e. The quantitative estimate of drug-likeness (QED) is 0.634. The van der Waals surface area contributed by atoms with E-state index >= 15 is 0 Å². The Labute approximate surface area is 108 Å². The van der Waals surface area contributed by atoms with Gasteiger partial charge in [-0.1, -0.05) is 10.6 Å². The molecule has 0 spiro atoms. The fourth-order valence-corrected chi connectivity index (χ4v) is 2.20. The normalized spacial score (nSPS) is 12.4. The van der Waals surface area contributed by atoms with Gasteiger partial charge in [-0.15, -0.1) is 5.10 Å². The Morgan fingerprint density at radius 2 is 2.39 bits per heavy atom. The van der Waals surface area contributed by atoms with Crippen molar-refractivity contribution in [3.05, 3.63) is 40.7 Å². The first-order valence-corrected chi connectivity index (χ1v) is 6.07. The number of hydrazine groups is 1. The Morgan fingerprint density at radius 1 is 1.56 bits per heavy atom. The third kappa shape index (κ3) is 2.81. The van der Waals surface area contributed by atoms with Crippen molar-refractivity contribution in [2.75, 3.05) is 7.11 Å². The second-order valence-corrected chi connectivity index (χ2v) is 4.53. The SMILES string of the molecule is COc1ccc(CC(NN)c2cnns2)cc1F. The van der Waals surface area contributed by atoms with Crippen LogP contribution in [-0.4, -0.2) is 16.7 Å². The van der Waals surface area contributed by atoms with Gasteiger partial charge in [-0.2, -0.15) is 0 Å². The number of nitrogens with two attached hydrogens (primary N) is 1. The van der Waals surface area contributed by atoms with Gasteiger partial charge in [-0.05, 0) is 35.6 Å². The van der Waals surface area contributed by atoms with Gasteiger partial charge in [-0.3, -0.25) is 11.3 Å². The molecule has 0 aliphatic rings. The zero-order chi connectivity index (χ0) is 13.0. The summed E-state index contributed by atoms with van der Waals surface area (Å²) in [4.78, 5) is 0.911. The van der Waals surface area contributed by atoms with E-state index in [1.165, 1.54) is 24.7 Å². The minimum Gasteiger partial charge on any atom is -0.494 e. The van der Waals surface area contributed by atoms with Crippen LogP contribution in [0.25, 0.3) is 0 Å². The van der Waals surface area contributed by atoms with Gasteiger partial charge >= 0.3 is 0 Å². The van der Waals surface area contributed by atoms with E-state index in [1.54, 1.807) is 18.3 Å². The maximum Gasteiger partial charge on any atom is 0.165 e. The molecule has 0 fully saturated rings. The molecule has 2 aromatic rings. The van der Waals surface area contributed by atoms with E-state index in [4.69, 9.17) is 10.6 Å². The molecule has 0 aliphatic heterocycles. The smallest absolute Gasteiger partial charge is 0.165 e. The molecular weight excluding hydrogens is 255 g/mol. The Balaban J connectivity index is 2.15. The molecule has 0 saturated heterocycles. The predicted octanol–water partition coefficient (Wildman–Crippen LogP) is 1.43. The maximum absolute atomic E-state index is 13.5. The van der Waals surface area contributed by atoms with Gasteiger partial charge < -0.3 is 4.74 Å². The summed E-state index contributed by atoms with van der Waals surface area (Å²) < 4.78 is 22.2. The Hall–Kier alpha value is -1.57. The fraction of sp³-hybridized carbons (Fsp3) is 0.273. The van der Waals surface area contributed by atoms with Crippen molar-refractivity contribution in [3.63, 3.8) is 0 Å². The molecule has 96 valence electrons. The summed E-state index contributed by atoms with van der Waals surface area (Å²) in [7, 11) is 1.44. The number of hydrogen-bond acceptors (Lipinski definition) is 6. The summed E-state index contributed by atoms with van der Waals surface area (Å²) >= 11 is 1.26. The third-order valence-electron chi connectivity index (χ3n) is 2.58. The number of nitrogens with one attached hydrogen (secondary N) is 1. The lowest BCUT2D eigenvalue weighted by Gasteiger charge is -2.13. The van der Waals surface area contributed by atoms with Crippen molar-refractivity contribution in [1.82, 2.24) is 15.0 Å². The molecule has 3 N–H and O–H groups in total. The van der Waals surface area contributed by atoms with Gasteiger partial charge in [0.2, 0.25) is 0 Å². The van der Waals surface area contributed by atoms with Crippen molar-refractivity contribution in [1.29, 1.82) is 0 Å². The van der Waals surface area contributed by atoms with Crippen LogP contribution in [0.15, 0.2) is 24.4 Å². The van der Waals surface area contributed by atoms with Crippen LogP contribution >= 0.6 is 11.5 Å². The summed E-state index contributed by atoms with van der Waals surface area (Å²) in [6.45, 7) is 0. The van der Waals surface area contributed by atoms with Crippen molar-refractivity contribution in [2.45, 2.75) is 12.5 Å². The number of benzene rings is 1. The maximum atomic E-state index is 13.5. The third-order valence-corrected chi connectivity index (χ3v) is 3.36. The van der Waals surface area contributed by atoms with Crippen molar-refractivity contribution in [2.24, 2.45) is 5.84 Å². The molecule has 0 aliphatic carbocycles. The average Bonchev–Trinajstić information content (AvgIpc) is 2.90. The number of aromatic nitrogens is 2. The summed E-state index contributed by atoms with van der Waals surface area (Å²) in [5.74, 6) is 5.34. The van der Waals surface area contributed by atoms with Gasteiger partial charge in [-0.25, -0.2) is 4.39 Å². The van der Waals surface area contributed by atoms with Crippen LogP contribution in [0.3, 0.4) is 0 Å². The van der Waals surface area contributed by atoms with Crippen LogP contribution in [0.4, 0.5) is 4.39 Å². The summed E-state index contributed by atoms with van der Waals surface area (Å²) in [5.41, 5.74) is 3.50. The molecular formula is C11H13FN4OS. The molecule has 0 bridgehead atoms. The zero-order valence-corrected chi connectivity index (χ0v) is 10.6. The van der Waals surface area contributed by atoms with Crippen molar-refractivity contribution in [3.8, 4) is 5.75 Å². The summed E-state index contributed by atoms with van der Waals surface area (Å²) in [6.07, 6.45) is 2.20. The lowest BCUT2D eigenvalue weighted by atomic mass is 10.1. The lowest BCUT2D eigenvalue weighted by molar-refractivity contribution is 0.386. The predicted molar refractivity (Wildman–Crippen MR) is 66.6 cm³/mol. The molecule has 1 heterocycles. The number of halogens is 1. The molecule has 5 nitrogen and oxygen atoms in total. The number of methoxy groups -OCH3 is 1. The van der Waals surface area contributed by atoms with Crippen LogP contribution in [0.1, 0.15) is 16.5 Å². The monoisotopic (exact) mass is 268 g/mol. The topological polar surface area (TPSA) is 73.1 Å². The van der Waals surface area contributed by atoms with Crippen LogP contribution in [0.5, 0.6) is 5.75 Å². The standard InChI is InChI=1S/C11H13FN4OS/c1-17-10-3-2-7(4-8(10)12)5-9(15-13)11-6-14-16-18-11/h2-4,6,9,15H,5,13H2,1H3. The highest BCUT2D eigenvalue weighted by Crippen LogP contribution is 2.23. The molecule has 1 unspecified atom stereocenters. The Bertz CT molecular complexity index is 506. The van der Waals surface area contributed by atoms with Crippen LogP contribution in [0.2, 0.25) is 0 Å². The van der Waals surface area contributed by atoms with Crippen molar-refractivity contribution < 1.29 is 9.13 Å². The van der Waals surface area contributed by atoms with E-state index in [0.717, 1.165) is 10.4 Å². The summed E-state index contributed by atoms with van der Waals surface area (Å²) in [6, 6.07) is 4.72. The second-order valence-electron chi connectivity index (χ2n) is 3.71. The highest BCUT2D eigenvalue weighted by molar-refractivity contribution is 7.05. The Morgan fingerprint density at radius 3 is 2.94 bits per heavy atom.